The number of Topliss-reactive ketones (excluding diaryl/α,β-unsaturated/α-hetero) is 2. The van der Waals surface area contributed by atoms with Crippen molar-refractivity contribution in [2.24, 2.45) is 11.8 Å². The highest BCUT2D eigenvalue weighted by Crippen LogP contribution is 2.64. The predicted molar refractivity (Wildman–Crippen MR) is 195 cm³/mol. The van der Waals surface area contributed by atoms with E-state index in [-0.39, 0.29) is 23.4 Å². The summed E-state index contributed by atoms with van der Waals surface area (Å²) in [6, 6.07) is 47.1. The SMILES string of the molecule is Cc1ccc2c(c1)C1C3=C(C(=O)C(C4c5ccccc5Oc5ccccc54)C(C4c5ccccc5Oc5ccccc54)C3=O)C2c2ccccc21. The van der Waals surface area contributed by atoms with Crippen LogP contribution in [0.2, 0.25) is 0 Å². The largest absolute Gasteiger partial charge is 0.457 e. The van der Waals surface area contributed by atoms with Gasteiger partial charge in [-0.2, -0.15) is 0 Å². The second-order valence-electron chi connectivity index (χ2n) is 14.5. The van der Waals surface area contributed by atoms with Crippen LogP contribution in [-0.2, 0) is 9.59 Å². The van der Waals surface area contributed by atoms with Crippen LogP contribution in [0, 0.1) is 18.8 Å². The molecule has 2 heterocycles. The van der Waals surface area contributed by atoms with Gasteiger partial charge in [0.1, 0.15) is 23.0 Å². The maximum Gasteiger partial charge on any atom is 0.165 e. The summed E-state index contributed by atoms with van der Waals surface area (Å²) in [5.41, 5.74) is 10.8. The highest BCUT2D eigenvalue weighted by Gasteiger charge is 2.59. The summed E-state index contributed by atoms with van der Waals surface area (Å²) in [5.74, 6) is 0.188. The molecule has 244 valence electrons. The molecule has 0 saturated heterocycles. The molecule has 12 rings (SSSR count). The normalized spacial score (nSPS) is 22.4. The van der Waals surface area contributed by atoms with Gasteiger partial charge >= 0.3 is 0 Å². The fourth-order valence-corrected chi connectivity index (χ4v) is 10.1. The summed E-state index contributed by atoms with van der Waals surface area (Å²) in [6.45, 7) is 2.10. The number of aryl methyl sites for hydroxylation is 1. The Hall–Kier alpha value is -6.00. The van der Waals surface area contributed by atoms with Gasteiger partial charge < -0.3 is 9.47 Å². The van der Waals surface area contributed by atoms with Crippen LogP contribution >= 0.6 is 0 Å². The summed E-state index contributed by atoms with van der Waals surface area (Å²) in [7, 11) is 0. The smallest absolute Gasteiger partial charge is 0.165 e. The molecule has 0 amide bonds. The van der Waals surface area contributed by atoms with Crippen molar-refractivity contribution in [3.8, 4) is 23.0 Å². The minimum absolute atomic E-state index is 0.0586. The standard InChI is InChI=1S/C47H32O4/c1-25-22-23-28-33(24-25)39-27-13-3-2-12-26(27)38(28)42-43(39)47(49)45(41-31-16-6-10-20-36(31)51-37-21-11-7-17-32(37)41)44(46(42)48)40-29-14-4-8-18-34(29)50-35-19-9-5-15-30(35)40/h2-24,38-41,44-45H,1H3. The third kappa shape index (κ3) is 3.85. The molecule has 0 spiro atoms. The molecule has 0 radical (unpaired) electrons. The van der Waals surface area contributed by atoms with Gasteiger partial charge in [-0.3, -0.25) is 9.59 Å². The van der Waals surface area contributed by atoms with Crippen LogP contribution < -0.4 is 9.47 Å². The lowest BCUT2D eigenvalue weighted by Crippen LogP contribution is -2.49. The molecule has 0 aromatic heterocycles. The first-order valence-electron chi connectivity index (χ1n) is 17.8. The Morgan fingerprint density at radius 1 is 0.392 bits per heavy atom. The zero-order valence-electron chi connectivity index (χ0n) is 27.9. The van der Waals surface area contributed by atoms with E-state index in [1.54, 1.807) is 0 Å². The number of allylic oxidation sites excluding steroid dienone is 2. The number of carbonyl (C=O) groups is 2. The molecule has 4 nitrogen and oxygen atoms in total. The summed E-state index contributed by atoms with van der Waals surface area (Å²) >= 11 is 0. The van der Waals surface area contributed by atoms with Crippen molar-refractivity contribution in [2.75, 3.05) is 0 Å². The molecule has 0 fully saturated rings. The van der Waals surface area contributed by atoms with Crippen molar-refractivity contribution in [3.05, 3.63) is 201 Å². The van der Waals surface area contributed by atoms with Crippen LogP contribution in [0.25, 0.3) is 0 Å². The molecule has 2 aliphatic heterocycles. The van der Waals surface area contributed by atoms with E-state index in [4.69, 9.17) is 9.47 Å². The number of fused-ring (bicyclic) bond motifs is 4. The predicted octanol–water partition coefficient (Wildman–Crippen LogP) is 10.1. The van der Waals surface area contributed by atoms with Crippen LogP contribution in [0.4, 0.5) is 0 Å². The fourth-order valence-electron chi connectivity index (χ4n) is 10.1. The molecule has 4 aliphatic carbocycles. The molecule has 6 aromatic rings. The zero-order chi connectivity index (χ0) is 34.0. The van der Waals surface area contributed by atoms with E-state index in [1.165, 1.54) is 0 Å². The molecule has 4 unspecified atom stereocenters. The number of ether oxygens (including phenoxy) is 2. The number of ketones is 2. The first-order valence-corrected chi connectivity index (χ1v) is 17.8. The van der Waals surface area contributed by atoms with Gasteiger partial charge in [-0.1, -0.05) is 121 Å². The molecule has 0 N–H and O–H groups in total. The van der Waals surface area contributed by atoms with Gasteiger partial charge in [-0.15, -0.1) is 0 Å². The maximum atomic E-state index is 16.1. The van der Waals surface area contributed by atoms with Gasteiger partial charge in [0.2, 0.25) is 0 Å². The molecule has 4 heteroatoms. The second-order valence-corrected chi connectivity index (χ2v) is 14.5. The topological polar surface area (TPSA) is 52.6 Å². The monoisotopic (exact) mass is 660 g/mol. The number of rotatable bonds is 2. The Balaban J connectivity index is 1.23. The average molecular weight is 661 g/mol. The second kappa shape index (κ2) is 10.5. The first kappa shape index (κ1) is 28.8. The number of carbonyl (C=O) groups excluding carboxylic acids is 2. The van der Waals surface area contributed by atoms with E-state index in [0.29, 0.717) is 11.1 Å². The number of hydrogen-bond acceptors (Lipinski definition) is 4. The minimum atomic E-state index is -0.702. The van der Waals surface area contributed by atoms with Crippen molar-refractivity contribution >= 4 is 11.6 Å². The van der Waals surface area contributed by atoms with E-state index in [9.17, 15) is 0 Å². The quantitative estimate of drug-likeness (QED) is 0.186. The molecule has 2 bridgehead atoms. The number of benzene rings is 6. The summed E-state index contributed by atoms with van der Waals surface area (Å²) in [4.78, 5) is 32.2. The third-order valence-corrected chi connectivity index (χ3v) is 12.0. The average Bonchev–Trinajstić information content (AvgIpc) is 3.17. The Morgan fingerprint density at radius 3 is 1.14 bits per heavy atom. The van der Waals surface area contributed by atoms with Gasteiger partial charge in [0, 0.05) is 68.9 Å². The third-order valence-electron chi connectivity index (χ3n) is 12.0. The highest BCUT2D eigenvalue weighted by molar-refractivity contribution is 6.18. The van der Waals surface area contributed by atoms with E-state index in [1.807, 2.05) is 72.8 Å². The van der Waals surface area contributed by atoms with Crippen molar-refractivity contribution in [3.63, 3.8) is 0 Å². The molecule has 0 saturated carbocycles. The number of hydrogen-bond donors (Lipinski definition) is 0. The van der Waals surface area contributed by atoms with Gasteiger partial charge in [0.15, 0.2) is 11.6 Å². The zero-order valence-corrected chi connectivity index (χ0v) is 27.9. The highest BCUT2D eigenvalue weighted by atomic mass is 16.5. The maximum absolute atomic E-state index is 16.1. The molecule has 6 aromatic carbocycles. The molecule has 4 atom stereocenters. The Kier molecular flexibility index (Phi) is 5.93. The van der Waals surface area contributed by atoms with Crippen molar-refractivity contribution in [1.82, 2.24) is 0 Å². The van der Waals surface area contributed by atoms with Crippen LogP contribution in [0.1, 0.15) is 73.7 Å². The summed E-state index contributed by atoms with van der Waals surface area (Å²) in [5, 5.41) is 0. The van der Waals surface area contributed by atoms with E-state index in [2.05, 4.69) is 73.7 Å². The lowest BCUT2D eigenvalue weighted by Gasteiger charge is -2.50. The lowest BCUT2D eigenvalue weighted by molar-refractivity contribution is -0.132. The van der Waals surface area contributed by atoms with Crippen LogP contribution in [0.5, 0.6) is 23.0 Å². The molecule has 51 heavy (non-hydrogen) atoms. The van der Waals surface area contributed by atoms with Crippen molar-refractivity contribution in [1.29, 1.82) is 0 Å². The Bertz CT molecular complexity index is 2450. The van der Waals surface area contributed by atoms with Gasteiger partial charge in [0.05, 0.1) is 0 Å². The Labute approximate surface area is 296 Å². The Morgan fingerprint density at radius 2 is 0.725 bits per heavy atom. The molecular weight excluding hydrogens is 629 g/mol. The van der Waals surface area contributed by atoms with Gasteiger partial charge in [-0.25, -0.2) is 0 Å². The molecular formula is C47H32O4. The van der Waals surface area contributed by atoms with E-state index in [0.717, 1.165) is 73.1 Å². The van der Waals surface area contributed by atoms with Crippen molar-refractivity contribution in [2.45, 2.75) is 30.6 Å². The fraction of sp³-hybridized carbons (Fsp3) is 0.149. The van der Waals surface area contributed by atoms with Crippen LogP contribution in [-0.4, -0.2) is 11.6 Å². The first-order chi connectivity index (χ1) is 25.1. The summed E-state index contributed by atoms with van der Waals surface area (Å²) in [6.07, 6.45) is 0. The lowest BCUT2D eigenvalue weighted by atomic mass is 9.51. The molecule has 6 aliphatic rings. The summed E-state index contributed by atoms with van der Waals surface area (Å²) < 4.78 is 13.0. The number of para-hydroxylation sites is 4. The van der Waals surface area contributed by atoms with Crippen LogP contribution in [0.3, 0.4) is 0 Å². The van der Waals surface area contributed by atoms with E-state index < -0.39 is 23.7 Å². The van der Waals surface area contributed by atoms with Crippen molar-refractivity contribution < 1.29 is 19.1 Å². The van der Waals surface area contributed by atoms with E-state index >= 15 is 9.59 Å². The van der Waals surface area contributed by atoms with Gasteiger partial charge in [-0.05, 0) is 53.4 Å². The minimum Gasteiger partial charge on any atom is -0.457 e. The van der Waals surface area contributed by atoms with Gasteiger partial charge in [0.25, 0.3) is 0 Å². The van der Waals surface area contributed by atoms with Crippen LogP contribution in [0.15, 0.2) is 151 Å².